The molecule has 3 N–H and O–H groups in total. The van der Waals surface area contributed by atoms with Gasteiger partial charge in [0.15, 0.2) is 5.96 Å². The molecule has 1 unspecified atom stereocenters. The molecule has 0 fully saturated rings. The first-order chi connectivity index (χ1) is 5.74. The number of esters is 1. The van der Waals surface area contributed by atoms with Crippen LogP contribution in [0.3, 0.4) is 0 Å². The van der Waals surface area contributed by atoms with Gasteiger partial charge in [-0.1, -0.05) is 0 Å². The maximum atomic E-state index is 11.1. The van der Waals surface area contributed by atoms with Crippen molar-refractivity contribution in [2.75, 3.05) is 19.7 Å². The molecular weight excluding hydrogens is 158 g/mol. The highest BCUT2D eigenvalue weighted by Crippen LogP contribution is 2.02. The Morgan fingerprint density at radius 3 is 3.17 bits per heavy atom. The average Bonchev–Trinajstić information content (AvgIpc) is 2.06. The summed E-state index contributed by atoms with van der Waals surface area (Å²) in [5, 5.41) is 2.80. The Morgan fingerprint density at radius 1 is 1.92 bits per heavy atom. The number of hydrogen-bond acceptors (Lipinski definition) is 5. The van der Waals surface area contributed by atoms with E-state index in [1.165, 1.54) is 0 Å². The minimum absolute atomic E-state index is 0.183. The molecule has 1 heterocycles. The number of carbonyl (C=O) groups is 1. The van der Waals surface area contributed by atoms with Gasteiger partial charge in [-0.15, -0.1) is 0 Å². The monoisotopic (exact) mass is 171 g/mol. The Labute approximate surface area is 71.0 Å². The van der Waals surface area contributed by atoms with Crippen molar-refractivity contribution in [2.45, 2.75) is 6.92 Å². The second kappa shape index (κ2) is 3.94. The molecule has 5 heteroatoms. The quantitative estimate of drug-likeness (QED) is 0.527. The van der Waals surface area contributed by atoms with E-state index in [1.807, 2.05) is 0 Å². The summed E-state index contributed by atoms with van der Waals surface area (Å²) in [6.45, 7) is 3.14. The zero-order valence-corrected chi connectivity index (χ0v) is 7.04. The fourth-order valence-corrected chi connectivity index (χ4v) is 0.975. The fourth-order valence-electron chi connectivity index (χ4n) is 0.975. The molecule has 1 rings (SSSR count). The predicted molar refractivity (Wildman–Crippen MR) is 44.6 cm³/mol. The highest BCUT2D eigenvalue weighted by Gasteiger charge is 2.22. The molecule has 68 valence electrons. The SMILES string of the molecule is CCOC(=O)C1CN=C(N)NC1. The summed E-state index contributed by atoms with van der Waals surface area (Å²) in [6, 6.07) is 0. The molecule has 12 heavy (non-hydrogen) atoms. The van der Waals surface area contributed by atoms with Gasteiger partial charge in [-0.25, -0.2) is 0 Å². The van der Waals surface area contributed by atoms with Crippen LogP contribution in [0.2, 0.25) is 0 Å². The van der Waals surface area contributed by atoms with Gasteiger partial charge in [0.25, 0.3) is 0 Å². The lowest BCUT2D eigenvalue weighted by molar-refractivity contribution is -0.147. The average molecular weight is 171 g/mol. The van der Waals surface area contributed by atoms with Gasteiger partial charge in [0.2, 0.25) is 0 Å². The first kappa shape index (κ1) is 8.83. The van der Waals surface area contributed by atoms with Crippen molar-refractivity contribution in [3.05, 3.63) is 0 Å². The molecule has 1 aliphatic rings. The molecule has 0 aromatic heterocycles. The van der Waals surface area contributed by atoms with Crippen molar-refractivity contribution in [3.63, 3.8) is 0 Å². The topological polar surface area (TPSA) is 76.7 Å². The van der Waals surface area contributed by atoms with E-state index in [2.05, 4.69) is 10.3 Å². The van der Waals surface area contributed by atoms with E-state index in [0.717, 1.165) is 0 Å². The number of carbonyl (C=O) groups excluding carboxylic acids is 1. The Morgan fingerprint density at radius 2 is 2.67 bits per heavy atom. The van der Waals surface area contributed by atoms with Gasteiger partial charge in [-0.2, -0.15) is 0 Å². The molecule has 0 spiro atoms. The third-order valence-electron chi connectivity index (χ3n) is 1.63. The third-order valence-corrected chi connectivity index (χ3v) is 1.63. The van der Waals surface area contributed by atoms with Crippen molar-refractivity contribution in [1.82, 2.24) is 5.32 Å². The van der Waals surface area contributed by atoms with E-state index < -0.39 is 0 Å². The molecule has 0 saturated carbocycles. The van der Waals surface area contributed by atoms with Crippen LogP contribution < -0.4 is 11.1 Å². The van der Waals surface area contributed by atoms with Crippen LogP contribution in [0.5, 0.6) is 0 Å². The summed E-state index contributed by atoms with van der Waals surface area (Å²) in [6.07, 6.45) is 0. The maximum absolute atomic E-state index is 11.1. The number of ether oxygens (including phenoxy) is 1. The van der Waals surface area contributed by atoms with E-state index in [9.17, 15) is 4.79 Å². The molecule has 0 aliphatic carbocycles. The van der Waals surface area contributed by atoms with Crippen LogP contribution in [0.4, 0.5) is 0 Å². The summed E-state index contributed by atoms with van der Waals surface area (Å²) in [5.41, 5.74) is 5.36. The van der Waals surface area contributed by atoms with Crippen LogP contribution in [0, 0.1) is 5.92 Å². The predicted octanol–water partition coefficient (Wildman–Crippen LogP) is -0.916. The smallest absolute Gasteiger partial charge is 0.312 e. The Bertz CT molecular complexity index is 203. The molecule has 0 aromatic rings. The van der Waals surface area contributed by atoms with Gasteiger partial charge in [0.1, 0.15) is 0 Å². The zero-order chi connectivity index (χ0) is 8.97. The summed E-state index contributed by atoms with van der Waals surface area (Å²) < 4.78 is 4.83. The first-order valence-electron chi connectivity index (χ1n) is 3.94. The van der Waals surface area contributed by atoms with Gasteiger partial charge in [-0.05, 0) is 6.92 Å². The number of nitrogens with two attached hydrogens (primary N) is 1. The molecule has 0 radical (unpaired) electrons. The number of nitrogens with one attached hydrogen (secondary N) is 1. The van der Waals surface area contributed by atoms with Gasteiger partial charge in [-0.3, -0.25) is 9.79 Å². The first-order valence-corrected chi connectivity index (χ1v) is 3.94. The van der Waals surface area contributed by atoms with E-state index in [0.29, 0.717) is 25.7 Å². The summed E-state index contributed by atoms with van der Waals surface area (Å²) >= 11 is 0. The lowest BCUT2D eigenvalue weighted by atomic mass is 10.1. The molecule has 1 atom stereocenters. The van der Waals surface area contributed by atoms with Gasteiger partial charge >= 0.3 is 5.97 Å². The van der Waals surface area contributed by atoms with Crippen molar-refractivity contribution in [1.29, 1.82) is 0 Å². The van der Waals surface area contributed by atoms with Crippen molar-refractivity contribution >= 4 is 11.9 Å². The van der Waals surface area contributed by atoms with E-state index in [4.69, 9.17) is 10.5 Å². The summed E-state index contributed by atoms with van der Waals surface area (Å²) in [5.74, 6) is 0.00838. The van der Waals surface area contributed by atoms with Crippen LogP contribution in [-0.4, -0.2) is 31.6 Å². The number of hydrogen-bond donors (Lipinski definition) is 2. The molecule has 5 nitrogen and oxygen atoms in total. The van der Waals surface area contributed by atoms with Crippen LogP contribution in [0.25, 0.3) is 0 Å². The van der Waals surface area contributed by atoms with Crippen LogP contribution in [-0.2, 0) is 9.53 Å². The standard InChI is InChI=1S/C7H13N3O2/c1-2-12-6(11)5-3-9-7(8)10-4-5/h5H,2-4H2,1H3,(H3,8,9,10). The molecule has 0 saturated heterocycles. The maximum Gasteiger partial charge on any atom is 0.312 e. The minimum Gasteiger partial charge on any atom is -0.466 e. The Kier molecular flexibility index (Phi) is 2.90. The minimum atomic E-state index is -0.207. The number of aliphatic imine (C=N–C) groups is 1. The fraction of sp³-hybridized carbons (Fsp3) is 0.714. The molecular formula is C7H13N3O2. The van der Waals surface area contributed by atoms with E-state index in [1.54, 1.807) is 6.92 Å². The molecule has 1 aliphatic heterocycles. The summed E-state index contributed by atoms with van der Waals surface area (Å²) in [4.78, 5) is 15.0. The second-order valence-corrected chi connectivity index (χ2v) is 2.56. The molecule has 0 aromatic carbocycles. The van der Waals surface area contributed by atoms with Crippen molar-refractivity contribution in [3.8, 4) is 0 Å². The highest BCUT2D eigenvalue weighted by molar-refractivity contribution is 5.81. The van der Waals surface area contributed by atoms with Gasteiger partial charge < -0.3 is 15.8 Å². The van der Waals surface area contributed by atoms with E-state index in [-0.39, 0.29) is 11.9 Å². The van der Waals surface area contributed by atoms with Gasteiger partial charge in [0, 0.05) is 6.54 Å². The van der Waals surface area contributed by atoms with Crippen molar-refractivity contribution in [2.24, 2.45) is 16.6 Å². The lowest BCUT2D eigenvalue weighted by Gasteiger charge is -2.18. The largest absolute Gasteiger partial charge is 0.466 e. The zero-order valence-electron chi connectivity index (χ0n) is 7.04. The third kappa shape index (κ3) is 2.11. The van der Waals surface area contributed by atoms with E-state index >= 15 is 0 Å². The highest BCUT2D eigenvalue weighted by atomic mass is 16.5. The Balaban J connectivity index is 2.40. The molecule has 0 amide bonds. The lowest BCUT2D eigenvalue weighted by Crippen LogP contribution is -2.43. The van der Waals surface area contributed by atoms with Crippen LogP contribution in [0.15, 0.2) is 4.99 Å². The summed E-state index contributed by atoms with van der Waals surface area (Å²) in [7, 11) is 0. The normalized spacial score (nSPS) is 22.4. The van der Waals surface area contributed by atoms with Crippen LogP contribution in [0.1, 0.15) is 6.92 Å². The van der Waals surface area contributed by atoms with Gasteiger partial charge in [0.05, 0.1) is 19.1 Å². The number of guanidine groups is 1. The Hall–Kier alpha value is -1.26. The second-order valence-electron chi connectivity index (χ2n) is 2.56. The molecule has 0 bridgehead atoms. The van der Waals surface area contributed by atoms with Crippen LogP contribution >= 0.6 is 0 Å². The van der Waals surface area contributed by atoms with Crippen molar-refractivity contribution < 1.29 is 9.53 Å². The number of nitrogens with zero attached hydrogens (tertiary/aromatic N) is 1. The number of rotatable bonds is 2.